The van der Waals surface area contributed by atoms with Crippen LogP contribution in [0.4, 0.5) is 13.6 Å². The molecule has 4 heterocycles. The number of hydrogen-bond donors (Lipinski definition) is 1. The Morgan fingerprint density at radius 3 is 2.56 bits per heavy atom. The number of carbonyl (C=O) groups excluding carboxylic acids is 2. The van der Waals surface area contributed by atoms with Gasteiger partial charge in [0.05, 0.1) is 44.0 Å². The fourth-order valence-electron chi connectivity index (χ4n) is 6.13. The van der Waals surface area contributed by atoms with Crippen LogP contribution in [0, 0.1) is 11.3 Å². The maximum atomic E-state index is 14.6. The van der Waals surface area contributed by atoms with Crippen LogP contribution in [0.25, 0.3) is 33.6 Å². The van der Waals surface area contributed by atoms with Crippen LogP contribution in [0.15, 0.2) is 59.1 Å². The monoisotopic (exact) mass is 688 g/mol. The van der Waals surface area contributed by atoms with Crippen LogP contribution in [0.1, 0.15) is 56.0 Å². The Morgan fingerprint density at radius 2 is 1.84 bits per heavy atom. The molecule has 0 aliphatic carbocycles. The largest absolute Gasteiger partial charge is 0.496 e. The predicted octanol–water partition coefficient (Wildman–Crippen LogP) is 6.97. The van der Waals surface area contributed by atoms with Crippen LogP contribution >= 0.6 is 0 Å². The number of nitrogens with one attached hydrogen (secondary N) is 1. The van der Waals surface area contributed by atoms with Gasteiger partial charge in [-0.3, -0.25) is 9.78 Å². The van der Waals surface area contributed by atoms with Gasteiger partial charge < -0.3 is 33.6 Å². The number of carbonyl (C=O) groups is 2. The van der Waals surface area contributed by atoms with Crippen molar-refractivity contribution in [2.24, 2.45) is 0 Å². The van der Waals surface area contributed by atoms with Gasteiger partial charge in [-0.2, -0.15) is 5.26 Å². The maximum Gasteiger partial charge on any atom is 0.410 e. The van der Waals surface area contributed by atoms with Crippen molar-refractivity contribution in [3.05, 3.63) is 65.9 Å². The van der Waals surface area contributed by atoms with Gasteiger partial charge in [0.1, 0.15) is 40.6 Å². The first kappa shape index (κ1) is 34.6. The van der Waals surface area contributed by atoms with E-state index in [1.165, 1.54) is 19.2 Å². The molecule has 2 saturated heterocycles. The molecule has 2 fully saturated rings. The molecule has 11 nitrogen and oxygen atoms in total. The highest BCUT2D eigenvalue weighted by Gasteiger charge is 2.43. The average molecular weight is 689 g/mol. The Labute approximate surface area is 288 Å². The van der Waals surface area contributed by atoms with Crippen molar-refractivity contribution >= 4 is 23.1 Å². The first-order valence-corrected chi connectivity index (χ1v) is 16.3. The highest BCUT2D eigenvalue weighted by Crippen LogP contribution is 2.39. The van der Waals surface area contributed by atoms with Gasteiger partial charge >= 0.3 is 6.09 Å². The predicted molar refractivity (Wildman–Crippen MR) is 179 cm³/mol. The number of halogens is 2. The third-order valence-electron chi connectivity index (χ3n) is 8.41. The molecular weight excluding hydrogens is 650 g/mol. The van der Waals surface area contributed by atoms with E-state index in [4.69, 9.17) is 23.4 Å². The molecule has 50 heavy (non-hydrogen) atoms. The summed E-state index contributed by atoms with van der Waals surface area (Å²) in [5, 5.41) is 12.5. The minimum absolute atomic E-state index is 0.0130. The summed E-state index contributed by atoms with van der Waals surface area (Å²) in [6.45, 7) is 5.29. The number of nitrogens with zero attached hydrogens (tertiary/aromatic N) is 3. The zero-order valence-electron chi connectivity index (χ0n) is 28.3. The van der Waals surface area contributed by atoms with Crippen LogP contribution in [0.3, 0.4) is 0 Å². The van der Waals surface area contributed by atoms with E-state index in [1.54, 1.807) is 57.3 Å². The van der Waals surface area contributed by atoms with Crippen LogP contribution < -0.4 is 14.8 Å². The second-order valence-electron chi connectivity index (χ2n) is 13.4. The molecule has 6 rings (SSSR count). The van der Waals surface area contributed by atoms with Crippen molar-refractivity contribution in [3.8, 4) is 40.0 Å². The van der Waals surface area contributed by atoms with E-state index in [9.17, 15) is 23.6 Å². The number of furan rings is 1. The number of piperidine rings is 1. The van der Waals surface area contributed by atoms with Gasteiger partial charge in [0.2, 0.25) is 0 Å². The van der Waals surface area contributed by atoms with Crippen molar-refractivity contribution in [1.82, 2.24) is 15.2 Å². The third-order valence-corrected chi connectivity index (χ3v) is 8.41. The molecule has 0 saturated carbocycles. The normalized spacial score (nSPS) is 17.9. The molecule has 2 aromatic heterocycles. The second kappa shape index (κ2) is 14.0. The molecule has 13 heteroatoms. The van der Waals surface area contributed by atoms with Gasteiger partial charge in [-0.05, 0) is 62.7 Å². The molecule has 1 unspecified atom stereocenters. The number of pyridine rings is 1. The van der Waals surface area contributed by atoms with E-state index in [-0.39, 0.29) is 18.2 Å². The van der Waals surface area contributed by atoms with Gasteiger partial charge in [-0.25, -0.2) is 13.6 Å². The molecule has 2 amide bonds. The SMILES string of the molecule is COc1cc(C(=O)NC2CN(C(=O)OC(C)(C)C)CC(F)(F)C2)ccc1-c1cc2nccc(-c3ccc(OC4CCOCC4)c(C#N)c3)c2o1. The number of aromatic nitrogens is 1. The van der Waals surface area contributed by atoms with Crippen LogP contribution in [0.2, 0.25) is 0 Å². The van der Waals surface area contributed by atoms with Gasteiger partial charge in [-0.15, -0.1) is 0 Å². The van der Waals surface area contributed by atoms with Crippen molar-refractivity contribution in [2.45, 2.75) is 63.7 Å². The number of amides is 2. The van der Waals surface area contributed by atoms with Crippen LogP contribution in [0.5, 0.6) is 11.5 Å². The zero-order valence-corrected chi connectivity index (χ0v) is 28.3. The molecule has 1 N–H and O–H groups in total. The molecule has 4 aromatic rings. The summed E-state index contributed by atoms with van der Waals surface area (Å²) in [6, 6.07) is 14.9. The Balaban J connectivity index is 1.22. The fraction of sp³-hybridized carbons (Fsp3) is 0.405. The minimum atomic E-state index is -3.21. The summed E-state index contributed by atoms with van der Waals surface area (Å²) in [5.41, 5.74) is 2.76. The number of rotatable bonds is 7. The highest BCUT2D eigenvalue weighted by molar-refractivity contribution is 5.97. The number of nitriles is 1. The summed E-state index contributed by atoms with van der Waals surface area (Å²) >= 11 is 0. The maximum absolute atomic E-state index is 14.6. The van der Waals surface area contributed by atoms with Crippen LogP contribution in [-0.4, -0.2) is 79.0 Å². The molecule has 0 spiro atoms. The molecule has 0 bridgehead atoms. The summed E-state index contributed by atoms with van der Waals surface area (Å²) in [6.07, 6.45) is 1.67. The number of methoxy groups -OCH3 is 1. The van der Waals surface area contributed by atoms with E-state index in [0.29, 0.717) is 52.7 Å². The smallest absolute Gasteiger partial charge is 0.410 e. The van der Waals surface area contributed by atoms with Crippen molar-refractivity contribution in [3.63, 3.8) is 0 Å². The number of fused-ring (bicyclic) bond motifs is 1. The van der Waals surface area contributed by atoms with Crippen molar-refractivity contribution in [1.29, 1.82) is 5.26 Å². The number of benzene rings is 2. The number of likely N-dealkylation sites (tertiary alicyclic amines) is 1. The third kappa shape index (κ3) is 7.81. The van der Waals surface area contributed by atoms with Gasteiger partial charge in [-0.1, -0.05) is 6.07 Å². The molecule has 2 aliphatic heterocycles. The van der Waals surface area contributed by atoms with Crippen LogP contribution in [-0.2, 0) is 9.47 Å². The lowest BCUT2D eigenvalue weighted by molar-refractivity contribution is -0.0773. The van der Waals surface area contributed by atoms with Gasteiger partial charge in [0.25, 0.3) is 11.8 Å². The Morgan fingerprint density at radius 1 is 1.06 bits per heavy atom. The van der Waals surface area contributed by atoms with E-state index in [1.807, 2.05) is 6.07 Å². The second-order valence-corrected chi connectivity index (χ2v) is 13.4. The van der Waals surface area contributed by atoms with E-state index in [0.717, 1.165) is 28.9 Å². The molecule has 2 aromatic carbocycles. The zero-order chi connectivity index (χ0) is 35.6. The number of hydrogen-bond acceptors (Lipinski definition) is 9. The highest BCUT2D eigenvalue weighted by atomic mass is 19.3. The Bertz CT molecular complexity index is 1940. The summed E-state index contributed by atoms with van der Waals surface area (Å²) < 4.78 is 58.0. The first-order chi connectivity index (χ1) is 23.8. The standard InChI is InChI=1S/C37H38F2N4O7/c1-36(2,3)50-35(45)43-20-25(18-37(38,39)21-43)42-34(44)23-5-7-28(31(16-23)46-4)32-17-29-33(49-32)27(9-12-41-29)22-6-8-30(24(15-22)19-40)48-26-10-13-47-14-11-26/h5-9,12,15-17,25-26H,10-11,13-14,18,20-21H2,1-4H3,(H,42,44). The summed E-state index contributed by atoms with van der Waals surface area (Å²) in [7, 11) is 1.45. The molecular formula is C37H38F2N4O7. The topological polar surface area (TPSA) is 136 Å². The minimum Gasteiger partial charge on any atom is -0.496 e. The molecule has 262 valence electrons. The lowest BCUT2D eigenvalue weighted by atomic mass is 10.0. The Hall–Kier alpha value is -5.22. The molecule has 0 radical (unpaired) electrons. The fourth-order valence-corrected chi connectivity index (χ4v) is 6.13. The Kier molecular flexibility index (Phi) is 9.67. The van der Waals surface area contributed by atoms with E-state index in [2.05, 4.69) is 16.4 Å². The average Bonchev–Trinajstić information content (AvgIpc) is 3.52. The lowest BCUT2D eigenvalue weighted by Gasteiger charge is -2.38. The number of alkyl halides is 2. The van der Waals surface area contributed by atoms with E-state index >= 15 is 0 Å². The number of ether oxygens (including phenoxy) is 4. The first-order valence-electron chi connectivity index (χ1n) is 16.3. The van der Waals surface area contributed by atoms with E-state index < -0.39 is 42.5 Å². The molecule has 2 aliphatic rings. The molecule has 1 atom stereocenters. The summed E-state index contributed by atoms with van der Waals surface area (Å²) in [4.78, 5) is 31.2. The van der Waals surface area contributed by atoms with Crippen molar-refractivity contribution in [2.75, 3.05) is 33.4 Å². The van der Waals surface area contributed by atoms with Gasteiger partial charge in [0.15, 0.2) is 5.58 Å². The lowest BCUT2D eigenvalue weighted by Crippen LogP contribution is -2.57. The van der Waals surface area contributed by atoms with Crippen molar-refractivity contribution < 1.29 is 41.7 Å². The quantitative estimate of drug-likeness (QED) is 0.218. The summed E-state index contributed by atoms with van der Waals surface area (Å²) in [5.74, 6) is -2.57. The van der Waals surface area contributed by atoms with Gasteiger partial charge in [0, 0.05) is 49.2 Å².